The zero-order valence-corrected chi connectivity index (χ0v) is 21.1. The number of carbonyl (C=O) groups excluding carboxylic acids is 2. The lowest BCUT2D eigenvalue weighted by Gasteiger charge is -2.32. The standard InChI is InChI=1S/C29H33ClN2O3/c1-3-31-29(34)27(20-23-11-5-4-6-12-23)32(21-24-13-8-7-10-22(24)2)28(33)14-9-19-35-26-17-15-25(30)16-18-26/h4-8,10-13,15-18,27H,3,9,14,19-21H2,1-2H3,(H,31,34)/t27-/m1/s1. The van der Waals surface area contributed by atoms with Crippen LogP contribution in [-0.2, 0) is 22.6 Å². The van der Waals surface area contributed by atoms with E-state index in [1.54, 1.807) is 29.2 Å². The first-order valence-corrected chi connectivity index (χ1v) is 12.4. The van der Waals surface area contributed by atoms with E-state index in [0.29, 0.717) is 43.3 Å². The van der Waals surface area contributed by atoms with Crippen LogP contribution in [0.3, 0.4) is 0 Å². The Bertz CT molecular complexity index is 1090. The zero-order valence-electron chi connectivity index (χ0n) is 20.4. The van der Waals surface area contributed by atoms with Gasteiger partial charge in [0, 0.05) is 31.0 Å². The van der Waals surface area contributed by atoms with Crippen molar-refractivity contribution in [3.8, 4) is 5.75 Å². The first-order chi connectivity index (χ1) is 17.0. The summed E-state index contributed by atoms with van der Waals surface area (Å²) in [6.45, 7) is 5.19. The van der Waals surface area contributed by atoms with E-state index in [0.717, 1.165) is 16.7 Å². The van der Waals surface area contributed by atoms with E-state index in [1.807, 2.05) is 68.4 Å². The summed E-state index contributed by atoms with van der Waals surface area (Å²) in [5.41, 5.74) is 3.13. The summed E-state index contributed by atoms with van der Waals surface area (Å²) in [4.78, 5) is 28.4. The second-order valence-electron chi connectivity index (χ2n) is 8.45. The van der Waals surface area contributed by atoms with Gasteiger partial charge in [-0.25, -0.2) is 0 Å². The first kappa shape index (κ1) is 26.3. The normalized spacial score (nSPS) is 11.5. The molecule has 3 aromatic carbocycles. The molecule has 0 fully saturated rings. The summed E-state index contributed by atoms with van der Waals surface area (Å²) in [6, 6.07) is 24.3. The van der Waals surface area contributed by atoms with E-state index < -0.39 is 6.04 Å². The fraction of sp³-hybridized carbons (Fsp3) is 0.310. The Balaban J connectivity index is 1.77. The number of hydrogen-bond acceptors (Lipinski definition) is 3. The molecule has 0 saturated heterocycles. The van der Waals surface area contributed by atoms with Gasteiger partial charge >= 0.3 is 0 Å². The second-order valence-corrected chi connectivity index (χ2v) is 8.89. The second kappa shape index (κ2) is 13.5. The molecule has 3 rings (SSSR count). The number of aryl methyl sites for hydroxylation is 1. The van der Waals surface area contributed by atoms with Gasteiger partial charge in [0.25, 0.3) is 0 Å². The van der Waals surface area contributed by atoms with Crippen LogP contribution in [0.15, 0.2) is 78.9 Å². The van der Waals surface area contributed by atoms with E-state index >= 15 is 0 Å². The minimum absolute atomic E-state index is 0.0693. The minimum Gasteiger partial charge on any atom is -0.494 e. The van der Waals surface area contributed by atoms with Gasteiger partial charge in [0.15, 0.2) is 0 Å². The van der Waals surface area contributed by atoms with E-state index in [2.05, 4.69) is 5.32 Å². The van der Waals surface area contributed by atoms with Gasteiger partial charge in [-0.1, -0.05) is 66.2 Å². The fourth-order valence-electron chi connectivity index (χ4n) is 3.90. The summed E-state index contributed by atoms with van der Waals surface area (Å²) in [5, 5.41) is 3.57. The predicted octanol–water partition coefficient (Wildman–Crippen LogP) is 5.58. The molecule has 0 spiro atoms. The van der Waals surface area contributed by atoms with Gasteiger partial charge in [-0.3, -0.25) is 9.59 Å². The Morgan fingerprint density at radius 3 is 2.34 bits per heavy atom. The molecule has 0 saturated carbocycles. The van der Waals surface area contributed by atoms with Gasteiger partial charge in [0.2, 0.25) is 11.8 Å². The molecule has 1 atom stereocenters. The van der Waals surface area contributed by atoms with Crippen LogP contribution in [0.2, 0.25) is 5.02 Å². The molecule has 0 aliphatic carbocycles. The van der Waals surface area contributed by atoms with Crippen molar-refractivity contribution in [1.29, 1.82) is 0 Å². The number of halogens is 1. The summed E-state index contributed by atoms with van der Waals surface area (Å²) in [7, 11) is 0. The Morgan fingerprint density at radius 1 is 0.971 bits per heavy atom. The maximum absolute atomic E-state index is 13.5. The third-order valence-electron chi connectivity index (χ3n) is 5.84. The molecule has 3 aromatic rings. The monoisotopic (exact) mass is 492 g/mol. The Labute approximate surface area is 213 Å². The SMILES string of the molecule is CCNC(=O)[C@@H](Cc1ccccc1)N(Cc1ccccc1C)C(=O)CCCOc1ccc(Cl)cc1. The highest BCUT2D eigenvalue weighted by molar-refractivity contribution is 6.30. The smallest absolute Gasteiger partial charge is 0.243 e. The van der Waals surface area contributed by atoms with Crippen LogP contribution in [0.25, 0.3) is 0 Å². The molecule has 35 heavy (non-hydrogen) atoms. The highest BCUT2D eigenvalue weighted by Gasteiger charge is 2.30. The van der Waals surface area contributed by atoms with Gasteiger partial charge < -0.3 is 15.0 Å². The number of benzene rings is 3. The number of nitrogens with one attached hydrogen (secondary N) is 1. The van der Waals surface area contributed by atoms with E-state index in [-0.39, 0.29) is 18.2 Å². The van der Waals surface area contributed by atoms with Crippen molar-refractivity contribution in [2.75, 3.05) is 13.2 Å². The molecule has 0 aromatic heterocycles. The van der Waals surface area contributed by atoms with Crippen molar-refractivity contribution in [2.24, 2.45) is 0 Å². The topological polar surface area (TPSA) is 58.6 Å². The number of rotatable bonds is 12. The molecule has 1 N–H and O–H groups in total. The Kier molecular flexibility index (Phi) is 10.2. The van der Waals surface area contributed by atoms with Gasteiger partial charge in [-0.05, 0) is 61.2 Å². The highest BCUT2D eigenvalue weighted by Crippen LogP contribution is 2.19. The summed E-state index contributed by atoms with van der Waals surface area (Å²) < 4.78 is 5.76. The molecule has 0 aliphatic rings. The summed E-state index contributed by atoms with van der Waals surface area (Å²) in [5.74, 6) is 0.499. The molecule has 0 aliphatic heterocycles. The van der Waals surface area contributed by atoms with Crippen molar-refractivity contribution < 1.29 is 14.3 Å². The van der Waals surface area contributed by atoms with Crippen molar-refractivity contribution in [3.05, 3.63) is 101 Å². The van der Waals surface area contributed by atoms with Crippen LogP contribution in [0.5, 0.6) is 5.75 Å². The fourth-order valence-corrected chi connectivity index (χ4v) is 4.03. The molecule has 184 valence electrons. The largest absolute Gasteiger partial charge is 0.494 e. The quantitative estimate of drug-likeness (QED) is 0.335. The molecule has 6 heteroatoms. The van der Waals surface area contributed by atoms with Crippen molar-refractivity contribution in [1.82, 2.24) is 10.2 Å². The molecule has 0 radical (unpaired) electrons. The minimum atomic E-state index is -0.610. The Hall–Kier alpha value is -3.31. The number of likely N-dealkylation sites (N-methyl/N-ethyl adjacent to an activating group) is 1. The van der Waals surface area contributed by atoms with Crippen LogP contribution < -0.4 is 10.1 Å². The van der Waals surface area contributed by atoms with Gasteiger partial charge in [0.05, 0.1) is 6.61 Å². The van der Waals surface area contributed by atoms with Crippen molar-refractivity contribution in [2.45, 2.75) is 45.7 Å². The molecule has 0 unspecified atom stereocenters. The molecule has 0 heterocycles. The van der Waals surface area contributed by atoms with Gasteiger partial charge in [-0.15, -0.1) is 0 Å². The average Bonchev–Trinajstić information content (AvgIpc) is 2.86. The predicted molar refractivity (Wildman–Crippen MR) is 141 cm³/mol. The molecule has 5 nitrogen and oxygen atoms in total. The van der Waals surface area contributed by atoms with Crippen LogP contribution in [0.4, 0.5) is 0 Å². The average molecular weight is 493 g/mol. The van der Waals surface area contributed by atoms with Crippen LogP contribution in [0.1, 0.15) is 36.5 Å². The number of ether oxygens (including phenoxy) is 1. The van der Waals surface area contributed by atoms with E-state index in [4.69, 9.17) is 16.3 Å². The number of amides is 2. The third-order valence-corrected chi connectivity index (χ3v) is 6.09. The number of hydrogen-bond donors (Lipinski definition) is 1. The lowest BCUT2D eigenvalue weighted by molar-refractivity contribution is -0.141. The van der Waals surface area contributed by atoms with E-state index in [9.17, 15) is 9.59 Å². The number of carbonyl (C=O) groups is 2. The molecule has 0 bridgehead atoms. The van der Waals surface area contributed by atoms with Crippen LogP contribution >= 0.6 is 11.6 Å². The third kappa shape index (κ3) is 8.15. The van der Waals surface area contributed by atoms with Crippen LogP contribution in [0, 0.1) is 6.92 Å². The number of nitrogens with zero attached hydrogens (tertiary/aromatic N) is 1. The maximum Gasteiger partial charge on any atom is 0.243 e. The lowest BCUT2D eigenvalue weighted by Crippen LogP contribution is -2.50. The first-order valence-electron chi connectivity index (χ1n) is 12.0. The molecular formula is C29H33ClN2O3. The van der Waals surface area contributed by atoms with Crippen molar-refractivity contribution in [3.63, 3.8) is 0 Å². The molecular weight excluding hydrogens is 460 g/mol. The van der Waals surface area contributed by atoms with Gasteiger partial charge in [-0.2, -0.15) is 0 Å². The summed E-state index contributed by atoms with van der Waals surface area (Å²) in [6.07, 6.45) is 1.27. The van der Waals surface area contributed by atoms with Crippen molar-refractivity contribution >= 4 is 23.4 Å². The Morgan fingerprint density at radius 2 is 1.66 bits per heavy atom. The van der Waals surface area contributed by atoms with Crippen LogP contribution in [-0.4, -0.2) is 35.9 Å². The van der Waals surface area contributed by atoms with Gasteiger partial charge in [0.1, 0.15) is 11.8 Å². The lowest BCUT2D eigenvalue weighted by atomic mass is 10.0. The van der Waals surface area contributed by atoms with E-state index in [1.165, 1.54) is 0 Å². The highest BCUT2D eigenvalue weighted by atomic mass is 35.5. The maximum atomic E-state index is 13.5. The molecule has 2 amide bonds. The summed E-state index contributed by atoms with van der Waals surface area (Å²) >= 11 is 5.92. The zero-order chi connectivity index (χ0) is 25.0.